The lowest BCUT2D eigenvalue weighted by Crippen LogP contribution is -2.28. The third-order valence-electron chi connectivity index (χ3n) is 6.20. The van der Waals surface area contributed by atoms with Gasteiger partial charge in [-0.1, -0.05) is 54.9 Å². The van der Waals surface area contributed by atoms with E-state index < -0.39 is 21.9 Å². The van der Waals surface area contributed by atoms with Gasteiger partial charge in [0, 0.05) is 28.0 Å². The Morgan fingerprint density at radius 3 is 2.56 bits per heavy atom. The number of hydrogen-bond donors (Lipinski definition) is 2. The molecule has 4 aromatic rings. The highest BCUT2D eigenvalue weighted by Gasteiger charge is 2.22. The molecule has 2 atom stereocenters. The van der Waals surface area contributed by atoms with Gasteiger partial charge in [-0.3, -0.25) is 4.79 Å². The van der Waals surface area contributed by atoms with Crippen LogP contribution in [0.3, 0.4) is 0 Å². The van der Waals surface area contributed by atoms with Crippen LogP contribution in [0.25, 0.3) is 10.9 Å². The van der Waals surface area contributed by atoms with Crippen molar-refractivity contribution in [2.75, 3.05) is 12.3 Å². The number of aromatic nitrogens is 1. The van der Waals surface area contributed by atoms with Crippen LogP contribution in [0.4, 0.5) is 0 Å². The zero-order valence-electron chi connectivity index (χ0n) is 21.3. The Morgan fingerprint density at radius 1 is 1.05 bits per heavy atom. The summed E-state index contributed by atoms with van der Waals surface area (Å²) in [7, 11) is -3.79. The summed E-state index contributed by atoms with van der Waals surface area (Å²) < 4.78 is 34.5. The Morgan fingerprint density at radius 2 is 1.82 bits per heavy atom. The summed E-state index contributed by atoms with van der Waals surface area (Å²) in [6.07, 6.45) is 0.480. The second kappa shape index (κ2) is 13.3. The van der Waals surface area contributed by atoms with Gasteiger partial charge in [0.15, 0.2) is 0 Å². The number of halogens is 1. The molecule has 2 N–H and O–H groups in total. The molecule has 1 heterocycles. The fraction of sp³-hybridized carbons (Fsp3) is 0.241. The number of carboxylic acids is 1. The molecule has 0 aliphatic carbocycles. The van der Waals surface area contributed by atoms with Crippen molar-refractivity contribution in [2.24, 2.45) is 5.92 Å². The van der Waals surface area contributed by atoms with Gasteiger partial charge in [0.2, 0.25) is 10.0 Å². The lowest BCUT2D eigenvalue weighted by Gasteiger charge is -2.20. The van der Waals surface area contributed by atoms with Crippen molar-refractivity contribution in [3.05, 3.63) is 101 Å². The Labute approximate surface area is 237 Å². The summed E-state index contributed by atoms with van der Waals surface area (Å²) in [5.74, 6) is -0.459. The van der Waals surface area contributed by atoms with Crippen LogP contribution in [0.15, 0.2) is 89.8 Å². The third-order valence-corrected chi connectivity index (χ3v) is 9.32. The first-order chi connectivity index (χ1) is 18.7. The number of nitrogens with zero attached hydrogens (tertiary/aromatic N) is 1. The molecular weight excluding hydrogens is 556 g/mol. The van der Waals surface area contributed by atoms with E-state index in [0.717, 1.165) is 22.2 Å². The highest BCUT2D eigenvalue weighted by molar-refractivity contribution is 7.99. The van der Waals surface area contributed by atoms with Gasteiger partial charge < -0.3 is 9.84 Å². The average Bonchev–Trinajstić information content (AvgIpc) is 2.94. The first kappa shape index (κ1) is 28.9. The molecule has 7 nitrogen and oxygen atoms in total. The predicted molar refractivity (Wildman–Crippen MR) is 156 cm³/mol. The lowest BCUT2D eigenvalue weighted by molar-refractivity contribution is -0.140. The molecule has 0 radical (unpaired) electrons. The molecule has 0 aliphatic heterocycles. The van der Waals surface area contributed by atoms with Gasteiger partial charge in [-0.2, -0.15) is 11.8 Å². The first-order valence-corrected chi connectivity index (χ1v) is 15.3. The monoisotopic (exact) mass is 584 g/mol. The van der Waals surface area contributed by atoms with Crippen LogP contribution in [0, 0.1) is 5.92 Å². The number of aliphatic carboxylic acids is 1. The van der Waals surface area contributed by atoms with E-state index in [0.29, 0.717) is 22.9 Å². The van der Waals surface area contributed by atoms with Gasteiger partial charge in [-0.25, -0.2) is 18.1 Å². The predicted octanol–water partition coefficient (Wildman–Crippen LogP) is 6.33. The maximum atomic E-state index is 12.9. The topological polar surface area (TPSA) is 106 Å². The van der Waals surface area contributed by atoms with Gasteiger partial charge >= 0.3 is 5.97 Å². The molecule has 0 saturated heterocycles. The summed E-state index contributed by atoms with van der Waals surface area (Å²) in [6, 6.07) is 25.1. The van der Waals surface area contributed by atoms with Gasteiger partial charge in [0.05, 0.1) is 22.0 Å². The molecule has 0 fully saturated rings. The van der Waals surface area contributed by atoms with Crippen molar-refractivity contribution in [1.82, 2.24) is 9.71 Å². The van der Waals surface area contributed by atoms with Crippen molar-refractivity contribution in [1.29, 1.82) is 0 Å². The fourth-order valence-electron chi connectivity index (χ4n) is 3.90. The number of carboxylic acid groups (broad SMARTS) is 1. The maximum absolute atomic E-state index is 12.9. The van der Waals surface area contributed by atoms with E-state index >= 15 is 0 Å². The van der Waals surface area contributed by atoms with E-state index in [1.807, 2.05) is 67.6 Å². The number of para-hydroxylation sites is 1. The first-order valence-electron chi connectivity index (χ1n) is 12.4. The number of thioether (sulfide) groups is 1. The van der Waals surface area contributed by atoms with E-state index in [1.165, 1.54) is 36.0 Å². The van der Waals surface area contributed by atoms with E-state index in [-0.39, 0.29) is 23.3 Å². The Balaban J connectivity index is 1.50. The Hall–Kier alpha value is -3.11. The molecular formula is C29H29ClN2O5S2. The fourth-order valence-corrected chi connectivity index (χ4v) is 6.56. The molecule has 0 bridgehead atoms. The number of fused-ring (bicyclic) bond motifs is 1. The second-order valence-corrected chi connectivity index (χ2v) is 12.4. The number of pyridine rings is 1. The molecule has 0 aliphatic rings. The molecule has 3 aromatic carbocycles. The number of benzene rings is 3. The smallest absolute Gasteiger partial charge is 0.307 e. The van der Waals surface area contributed by atoms with Crippen LogP contribution in [0.5, 0.6) is 5.75 Å². The van der Waals surface area contributed by atoms with Gasteiger partial charge in [0.1, 0.15) is 12.4 Å². The van der Waals surface area contributed by atoms with Crippen LogP contribution in [-0.2, 0) is 21.4 Å². The number of nitrogens with one attached hydrogen (secondary N) is 1. The highest BCUT2D eigenvalue weighted by Crippen LogP contribution is 2.33. The number of rotatable bonds is 13. The van der Waals surface area contributed by atoms with Gasteiger partial charge in [-0.05, 0) is 60.5 Å². The average molecular weight is 585 g/mol. The van der Waals surface area contributed by atoms with E-state index in [2.05, 4.69) is 9.71 Å². The number of carbonyl (C=O) groups is 1. The van der Waals surface area contributed by atoms with Crippen molar-refractivity contribution in [2.45, 2.75) is 30.1 Å². The molecule has 1 aromatic heterocycles. The van der Waals surface area contributed by atoms with Crippen LogP contribution < -0.4 is 9.46 Å². The van der Waals surface area contributed by atoms with E-state index in [4.69, 9.17) is 16.3 Å². The number of sulfonamides is 1. The van der Waals surface area contributed by atoms with Crippen molar-refractivity contribution >= 4 is 50.3 Å². The Kier molecular flexibility index (Phi) is 9.85. The SMILES string of the molecule is CCC(CSC(CNS(=O)(=O)c1ccc(Cl)cc1)c1cccc(OCc2ccc3ccccc3n2)c1)C(=O)O. The molecule has 39 heavy (non-hydrogen) atoms. The van der Waals surface area contributed by atoms with Crippen LogP contribution in [0.1, 0.15) is 29.9 Å². The maximum Gasteiger partial charge on any atom is 0.307 e. The summed E-state index contributed by atoms with van der Waals surface area (Å²) in [4.78, 5) is 16.4. The molecule has 0 saturated carbocycles. The van der Waals surface area contributed by atoms with Crippen molar-refractivity contribution in [3.8, 4) is 5.75 Å². The zero-order valence-corrected chi connectivity index (χ0v) is 23.7. The van der Waals surface area contributed by atoms with E-state index in [9.17, 15) is 18.3 Å². The van der Waals surface area contributed by atoms with Crippen LogP contribution in [0.2, 0.25) is 5.02 Å². The molecule has 2 unspecified atom stereocenters. The minimum absolute atomic E-state index is 0.0708. The largest absolute Gasteiger partial charge is 0.487 e. The number of ether oxygens (including phenoxy) is 1. The van der Waals surface area contributed by atoms with Crippen molar-refractivity contribution in [3.63, 3.8) is 0 Å². The standard InChI is InChI=1S/C29H29ClN2O5S2/c1-2-20(29(33)34)19-38-28(17-31-39(35,36)26-14-11-23(30)12-15-26)22-7-5-8-25(16-22)37-18-24-13-10-21-6-3-4-9-27(21)32-24/h3-16,20,28,31H,2,17-19H2,1H3,(H,33,34). The quantitative estimate of drug-likeness (QED) is 0.189. The lowest BCUT2D eigenvalue weighted by atomic mass is 10.1. The van der Waals surface area contributed by atoms with Gasteiger partial charge in [-0.15, -0.1) is 0 Å². The molecule has 0 amide bonds. The normalized spacial score (nSPS) is 13.2. The van der Waals surface area contributed by atoms with Crippen LogP contribution in [-0.4, -0.2) is 36.8 Å². The number of hydrogen-bond acceptors (Lipinski definition) is 6. The molecule has 4 rings (SSSR count). The van der Waals surface area contributed by atoms with Crippen molar-refractivity contribution < 1.29 is 23.1 Å². The summed E-state index contributed by atoms with van der Waals surface area (Å²) in [5.41, 5.74) is 2.50. The van der Waals surface area contributed by atoms with Crippen LogP contribution >= 0.6 is 23.4 Å². The molecule has 10 heteroatoms. The van der Waals surface area contributed by atoms with Gasteiger partial charge in [0.25, 0.3) is 0 Å². The minimum Gasteiger partial charge on any atom is -0.487 e. The second-order valence-electron chi connectivity index (χ2n) is 8.93. The third kappa shape index (κ3) is 7.95. The minimum atomic E-state index is -3.79. The zero-order chi connectivity index (χ0) is 27.8. The summed E-state index contributed by atoms with van der Waals surface area (Å²) >= 11 is 7.30. The molecule has 204 valence electrons. The van der Waals surface area contributed by atoms with E-state index in [1.54, 1.807) is 0 Å². The Bertz CT molecular complexity index is 1530. The highest BCUT2D eigenvalue weighted by atomic mass is 35.5. The molecule has 0 spiro atoms. The summed E-state index contributed by atoms with van der Waals surface area (Å²) in [5, 5.41) is 10.7. The summed E-state index contributed by atoms with van der Waals surface area (Å²) in [6.45, 7) is 2.17.